The molecular weight excluding hydrogens is 156 g/mol. The van der Waals surface area contributed by atoms with Crippen molar-refractivity contribution in [1.29, 1.82) is 0 Å². The Kier molecular flexibility index (Phi) is 2.33. The molecule has 0 heterocycles. The highest BCUT2D eigenvalue weighted by atomic mass is 16.4. The molecule has 1 N–H and O–H groups in total. The Bertz CT molecular complexity index is 305. The van der Waals surface area contributed by atoms with E-state index < -0.39 is 5.97 Å². The molecule has 64 valence electrons. The summed E-state index contributed by atoms with van der Waals surface area (Å²) in [5, 5.41) is 19.3. The van der Waals surface area contributed by atoms with Crippen LogP contribution in [0.3, 0.4) is 0 Å². The minimum absolute atomic E-state index is 0.0804. The maximum Gasteiger partial charge on any atom is 0.115 e. The molecule has 0 atom stereocenters. The fourth-order valence-corrected chi connectivity index (χ4v) is 1.00. The van der Waals surface area contributed by atoms with E-state index in [1.54, 1.807) is 13.0 Å². The maximum atomic E-state index is 10.2. The Balaban J connectivity index is 2.97. The zero-order valence-corrected chi connectivity index (χ0v) is 6.70. The van der Waals surface area contributed by atoms with Crippen molar-refractivity contribution in [2.75, 3.05) is 0 Å². The molecule has 0 radical (unpaired) electrons. The molecule has 0 aliphatic carbocycles. The number of aromatic hydroxyl groups is 1. The van der Waals surface area contributed by atoms with Crippen LogP contribution in [0.1, 0.15) is 11.1 Å². The zero-order chi connectivity index (χ0) is 9.14. The van der Waals surface area contributed by atoms with Crippen LogP contribution in [-0.2, 0) is 11.2 Å². The molecule has 12 heavy (non-hydrogen) atoms. The van der Waals surface area contributed by atoms with Crippen molar-refractivity contribution in [3.8, 4) is 5.75 Å². The van der Waals surface area contributed by atoms with Gasteiger partial charge in [0.2, 0.25) is 0 Å². The van der Waals surface area contributed by atoms with Gasteiger partial charge in [0, 0.05) is 12.4 Å². The smallest absolute Gasteiger partial charge is 0.115 e. The number of carboxylic acid groups (broad SMARTS) is 1. The molecule has 1 rings (SSSR count). The molecule has 0 amide bonds. The highest BCUT2D eigenvalue weighted by Crippen LogP contribution is 2.15. The molecule has 0 aliphatic rings. The second-order valence-electron chi connectivity index (χ2n) is 2.66. The van der Waals surface area contributed by atoms with Crippen LogP contribution < -0.4 is 5.11 Å². The summed E-state index contributed by atoms with van der Waals surface area (Å²) in [6.45, 7) is 1.79. The van der Waals surface area contributed by atoms with Gasteiger partial charge in [-0.25, -0.2) is 0 Å². The fourth-order valence-electron chi connectivity index (χ4n) is 1.00. The van der Waals surface area contributed by atoms with Crippen molar-refractivity contribution in [2.45, 2.75) is 13.3 Å². The van der Waals surface area contributed by atoms with Gasteiger partial charge >= 0.3 is 0 Å². The summed E-state index contributed by atoms with van der Waals surface area (Å²) in [6.07, 6.45) is -0.153. The molecule has 0 aliphatic heterocycles. The first-order chi connectivity index (χ1) is 5.59. The first-order valence-electron chi connectivity index (χ1n) is 3.58. The Labute approximate surface area is 70.3 Å². The SMILES string of the molecule is Cc1ccc(O)cc1CC(=O)[O-]. The van der Waals surface area contributed by atoms with Gasteiger partial charge in [0.25, 0.3) is 0 Å². The number of rotatable bonds is 2. The molecule has 1 aromatic carbocycles. The Morgan fingerprint density at radius 3 is 2.83 bits per heavy atom. The second-order valence-corrected chi connectivity index (χ2v) is 2.66. The van der Waals surface area contributed by atoms with Crippen molar-refractivity contribution >= 4 is 5.97 Å². The molecule has 0 saturated heterocycles. The molecule has 0 bridgehead atoms. The minimum atomic E-state index is -1.14. The maximum absolute atomic E-state index is 10.2. The summed E-state index contributed by atoms with van der Waals surface area (Å²) in [4.78, 5) is 10.2. The Hall–Kier alpha value is -1.51. The lowest BCUT2D eigenvalue weighted by Gasteiger charge is -2.06. The third-order valence-corrected chi connectivity index (χ3v) is 1.67. The van der Waals surface area contributed by atoms with Crippen LogP contribution in [0.5, 0.6) is 5.75 Å². The van der Waals surface area contributed by atoms with Crippen LogP contribution in [0.25, 0.3) is 0 Å². The summed E-state index contributed by atoms with van der Waals surface area (Å²) in [5.74, 6) is -1.06. The van der Waals surface area contributed by atoms with Gasteiger partial charge in [-0.15, -0.1) is 0 Å². The monoisotopic (exact) mass is 165 g/mol. The van der Waals surface area contributed by atoms with Gasteiger partial charge in [0.1, 0.15) is 5.75 Å². The van der Waals surface area contributed by atoms with Crippen molar-refractivity contribution < 1.29 is 15.0 Å². The third-order valence-electron chi connectivity index (χ3n) is 1.67. The molecule has 3 nitrogen and oxygen atoms in total. The number of carbonyl (C=O) groups is 1. The standard InChI is InChI=1S/C9H10O3/c1-6-2-3-8(10)4-7(6)5-9(11)12/h2-4,10H,5H2,1H3,(H,11,12)/p-1. The summed E-state index contributed by atoms with van der Waals surface area (Å²) < 4.78 is 0. The summed E-state index contributed by atoms with van der Waals surface area (Å²) in [6, 6.07) is 4.63. The van der Waals surface area contributed by atoms with Crippen molar-refractivity contribution in [3.05, 3.63) is 29.3 Å². The van der Waals surface area contributed by atoms with Gasteiger partial charge in [0.05, 0.1) is 0 Å². The van der Waals surface area contributed by atoms with Crippen molar-refractivity contribution in [1.82, 2.24) is 0 Å². The molecular formula is C9H9O3-. The van der Waals surface area contributed by atoms with E-state index in [4.69, 9.17) is 5.11 Å². The average Bonchev–Trinajstić information content (AvgIpc) is 1.96. The van der Waals surface area contributed by atoms with E-state index >= 15 is 0 Å². The minimum Gasteiger partial charge on any atom is -0.550 e. The topological polar surface area (TPSA) is 60.4 Å². The van der Waals surface area contributed by atoms with E-state index in [0.29, 0.717) is 5.56 Å². The molecule has 0 fully saturated rings. The zero-order valence-electron chi connectivity index (χ0n) is 6.70. The fraction of sp³-hybridized carbons (Fsp3) is 0.222. The lowest BCUT2D eigenvalue weighted by atomic mass is 10.1. The number of aliphatic carboxylic acids is 1. The number of phenols is 1. The van der Waals surface area contributed by atoms with Gasteiger partial charge in [0.15, 0.2) is 0 Å². The van der Waals surface area contributed by atoms with Crippen LogP contribution in [0, 0.1) is 6.92 Å². The van der Waals surface area contributed by atoms with E-state index in [1.807, 2.05) is 0 Å². The largest absolute Gasteiger partial charge is 0.550 e. The van der Waals surface area contributed by atoms with Crippen LogP contribution in [0.15, 0.2) is 18.2 Å². The first kappa shape index (κ1) is 8.59. The summed E-state index contributed by atoms with van der Waals surface area (Å²) in [7, 11) is 0. The second kappa shape index (κ2) is 3.26. The van der Waals surface area contributed by atoms with E-state index in [1.165, 1.54) is 12.1 Å². The number of benzene rings is 1. The number of phenolic OH excluding ortho intramolecular Hbond substituents is 1. The number of aryl methyl sites for hydroxylation is 1. The van der Waals surface area contributed by atoms with E-state index in [0.717, 1.165) is 5.56 Å². The first-order valence-corrected chi connectivity index (χ1v) is 3.58. The van der Waals surface area contributed by atoms with Gasteiger partial charge in [-0.1, -0.05) is 6.07 Å². The van der Waals surface area contributed by atoms with Crippen molar-refractivity contribution in [2.24, 2.45) is 0 Å². The van der Waals surface area contributed by atoms with Crippen LogP contribution in [0.4, 0.5) is 0 Å². The van der Waals surface area contributed by atoms with Gasteiger partial charge in [-0.2, -0.15) is 0 Å². The lowest BCUT2D eigenvalue weighted by Crippen LogP contribution is -2.24. The van der Waals surface area contributed by atoms with Gasteiger partial charge in [-0.3, -0.25) is 0 Å². The molecule has 0 aromatic heterocycles. The normalized spacial score (nSPS) is 9.75. The molecule has 0 saturated carbocycles. The van der Waals surface area contributed by atoms with E-state index in [2.05, 4.69) is 0 Å². The molecule has 0 unspecified atom stereocenters. The lowest BCUT2D eigenvalue weighted by molar-refractivity contribution is -0.304. The molecule has 3 heteroatoms. The summed E-state index contributed by atoms with van der Waals surface area (Å²) >= 11 is 0. The number of hydrogen-bond donors (Lipinski definition) is 1. The molecule has 0 spiro atoms. The number of hydrogen-bond acceptors (Lipinski definition) is 3. The van der Waals surface area contributed by atoms with E-state index in [9.17, 15) is 9.90 Å². The average molecular weight is 165 g/mol. The number of carboxylic acids is 1. The summed E-state index contributed by atoms with van der Waals surface area (Å²) in [5.41, 5.74) is 1.44. The predicted octanol–water partition coefficient (Wildman–Crippen LogP) is -0.00698. The predicted molar refractivity (Wildman–Crippen MR) is 41.6 cm³/mol. The quantitative estimate of drug-likeness (QED) is 0.670. The molecule has 1 aromatic rings. The highest BCUT2D eigenvalue weighted by Gasteiger charge is 1.99. The Morgan fingerprint density at radius 1 is 1.58 bits per heavy atom. The van der Waals surface area contributed by atoms with E-state index in [-0.39, 0.29) is 12.2 Å². The van der Waals surface area contributed by atoms with Crippen LogP contribution >= 0.6 is 0 Å². The van der Waals surface area contributed by atoms with Crippen LogP contribution in [0.2, 0.25) is 0 Å². The number of carbonyl (C=O) groups excluding carboxylic acids is 1. The third kappa shape index (κ3) is 1.99. The van der Waals surface area contributed by atoms with Crippen LogP contribution in [-0.4, -0.2) is 11.1 Å². The Morgan fingerprint density at radius 2 is 2.25 bits per heavy atom. The van der Waals surface area contributed by atoms with Gasteiger partial charge < -0.3 is 15.0 Å². The van der Waals surface area contributed by atoms with Crippen molar-refractivity contribution in [3.63, 3.8) is 0 Å². The van der Waals surface area contributed by atoms with Gasteiger partial charge in [-0.05, 0) is 30.2 Å². The highest BCUT2D eigenvalue weighted by molar-refractivity contribution is 5.68.